The molecular weight excluding hydrogens is 398 g/mol. The summed E-state index contributed by atoms with van der Waals surface area (Å²) >= 11 is 0. The van der Waals surface area contributed by atoms with E-state index >= 15 is 0 Å². The van der Waals surface area contributed by atoms with Crippen LogP contribution in [-0.2, 0) is 14.8 Å². The topological polar surface area (TPSA) is 128 Å². The van der Waals surface area contributed by atoms with Crippen LogP contribution in [0.2, 0.25) is 0 Å². The molecule has 1 aliphatic rings. The van der Waals surface area contributed by atoms with Crippen molar-refractivity contribution in [2.75, 3.05) is 26.3 Å². The van der Waals surface area contributed by atoms with Gasteiger partial charge in [-0.15, -0.1) is 0 Å². The first kappa shape index (κ1) is 20.6. The molecule has 29 heavy (non-hydrogen) atoms. The van der Waals surface area contributed by atoms with E-state index in [0.29, 0.717) is 18.8 Å². The maximum absolute atomic E-state index is 12.7. The van der Waals surface area contributed by atoms with Crippen LogP contribution < -0.4 is 10.5 Å². The molecule has 0 bridgehead atoms. The van der Waals surface area contributed by atoms with Gasteiger partial charge in [-0.3, -0.25) is 4.79 Å². The number of benzene rings is 2. The molecule has 1 N–H and O–H groups in total. The third-order valence-corrected chi connectivity index (χ3v) is 6.12. The highest BCUT2D eigenvalue weighted by atomic mass is 32.2. The molecule has 0 atom stereocenters. The van der Waals surface area contributed by atoms with Crippen molar-refractivity contribution in [2.24, 2.45) is 5.10 Å². The number of carbonyl (C=O) groups is 2. The minimum atomic E-state index is -3.71. The lowest BCUT2D eigenvalue weighted by molar-refractivity contribution is -0.255. The van der Waals surface area contributed by atoms with E-state index in [1.807, 2.05) is 0 Å². The summed E-state index contributed by atoms with van der Waals surface area (Å²) in [6.07, 6.45) is 1.34. The van der Waals surface area contributed by atoms with Gasteiger partial charge in [-0.2, -0.15) is 9.41 Å². The van der Waals surface area contributed by atoms with Crippen molar-refractivity contribution in [3.8, 4) is 0 Å². The van der Waals surface area contributed by atoms with Gasteiger partial charge in [0, 0.05) is 18.7 Å². The van der Waals surface area contributed by atoms with Crippen LogP contribution in [0.5, 0.6) is 0 Å². The number of nitrogens with zero attached hydrogens (tertiary/aromatic N) is 2. The van der Waals surface area contributed by atoms with Gasteiger partial charge < -0.3 is 14.6 Å². The Kier molecular flexibility index (Phi) is 6.37. The molecule has 152 valence electrons. The van der Waals surface area contributed by atoms with E-state index in [9.17, 15) is 23.1 Å². The van der Waals surface area contributed by atoms with E-state index in [4.69, 9.17) is 4.74 Å². The van der Waals surface area contributed by atoms with Crippen LogP contribution in [0.1, 0.15) is 26.3 Å². The smallest absolute Gasteiger partial charge is 0.271 e. The summed E-state index contributed by atoms with van der Waals surface area (Å²) in [5.74, 6) is -1.86. The number of hydrogen-bond donors (Lipinski definition) is 1. The van der Waals surface area contributed by atoms with Crippen LogP contribution in [0.25, 0.3) is 0 Å². The van der Waals surface area contributed by atoms with Crippen LogP contribution in [0, 0.1) is 0 Å². The molecule has 0 spiro atoms. The lowest BCUT2D eigenvalue weighted by atomic mass is 10.1. The van der Waals surface area contributed by atoms with Gasteiger partial charge >= 0.3 is 0 Å². The molecule has 0 aromatic heterocycles. The predicted molar refractivity (Wildman–Crippen MR) is 102 cm³/mol. The largest absolute Gasteiger partial charge is 0.545 e. The number of nitrogens with one attached hydrogen (secondary N) is 1. The Morgan fingerprint density at radius 1 is 1.07 bits per heavy atom. The SMILES string of the molecule is O=C([O-])c1ccc(/C=N\NC(=O)c2cccc(S(=O)(=O)N3CCOCC3)c2)cc1. The molecule has 2 aromatic carbocycles. The number of rotatable bonds is 6. The zero-order valence-electron chi connectivity index (χ0n) is 15.3. The molecule has 0 saturated carbocycles. The average molecular weight is 416 g/mol. The monoisotopic (exact) mass is 416 g/mol. The quantitative estimate of drug-likeness (QED) is 0.515. The molecule has 3 rings (SSSR count). The number of aromatic carboxylic acids is 1. The van der Waals surface area contributed by atoms with Gasteiger partial charge in [0.1, 0.15) is 0 Å². The molecule has 0 radical (unpaired) electrons. The number of carboxylic acid groups (broad SMARTS) is 1. The zero-order chi connectivity index (χ0) is 20.9. The van der Waals surface area contributed by atoms with Gasteiger partial charge in [-0.1, -0.05) is 30.3 Å². The van der Waals surface area contributed by atoms with Crippen molar-refractivity contribution in [1.29, 1.82) is 0 Å². The van der Waals surface area contributed by atoms with Crippen molar-refractivity contribution < 1.29 is 27.9 Å². The summed E-state index contributed by atoms with van der Waals surface area (Å²) in [6.45, 7) is 1.19. The number of hydrogen-bond acceptors (Lipinski definition) is 7. The zero-order valence-corrected chi connectivity index (χ0v) is 16.1. The Balaban J connectivity index is 1.68. The number of hydrazone groups is 1. The minimum absolute atomic E-state index is 0.0221. The second kappa shape index (κ2) is 8.95. The normalized spacial score (nSPS) is 15.3. The van der Waals surface area contributed by atoms with Crippen LogP contribution in [-0.4, -0.2) is 57.1 Å². The molecule has 0 aliphatic carbocycles. The van der Waals surface area contributed by atoms with Gasteiger partial charge in [0.2, 0.25) is 10.0 Å². The van der Waals surface area contributed by atoms with Crippen LogP contribution >= 0.6 is 0 Å². The molecule has 2 aromatic rings. The first-order chi connectivity index (χ1) is 13.9. The fourth-order valence-corrected chi connectivity index (χ4v) is 4.12. The standard InChI is InChI=1S/C19H19N3O6S/c23-18(21-20-13-14-4-6-15(7-5-14)19(24)25)16-2-1-3-17(12-16)29(26,27)22-8-10-28-11-9-22/h1-7,12-13H,8-11H2,(H,21,23)(H,24,25)/p-1/b20-13-. The maximum Gasteiger partial charge on any atom is 0.271 e. The molecule has 1 saturated heterocycles. The van der Waals surface area contributed by atoms with Gasteiger partial charge in [0.05, 0.1) is 30.3 Å². The third-order valence-electron chi connectivity index (χ3n) is 4.23. The van der Waals surface area contributed by atoms with Crippen molar-refractivity contribution in [3.05, 3.63) is 65.2 Å². The number of morpholine rings is 1. The summed E-state index contributed by atoms with van der Waals surface area (Å²) < 4.78 is 31.9. The Hall–Kier alpha value is -3.08. The molecular formula is C19H18N3O6S-. The Morgan fingerprint density at radius 2 is 1.76 bits per heavy atom. The third kappa shape index (κ3) is 5.05. The summed E-state index contributed by atoms with van der Waals surface area (Å²) in [7, 11) is -3.71. The minimum Gasteiger partial charge on any atom is -0.545 e. The average Bonchev–Trinajstić information content (AvgIpc) is 2.74. The summed E-state index contributed by atoms with van der Waals surface area (Å²) in [5.41, 5.74) is 3.06. The summed E-state index contributed by atoms with van der Waals surface area (Å²) in [6, 6.07) is 11.4. The molecule has 0 unspecified atom stereocenters. The van der Waals surface area contributed by atoms with Crippen LogP contribution in [0.15, 0.2) is 58.5 Å². The second-order valence-corrected chi connectivity index (χ2v) is 8.09. The maximum atomic E-state index is 12.7. The van der Waals surface area contributed by atoms with Crippen molar-refractivity contribution in [2.45, 2.75) is 4.90 Å². The van der Waals surface area contributed by atoms with E-state index in [1.54, 1.807) is 0 Å². The molecule has 1 amide bonds. The van der Waals surface area contributed by atoms with Crippen molar-refractivity contribution >= 4 is 28.1 Å². The van der Waals surface area contributed by atoms with Gasteiger partial charge in [0.15, 0.2) is 0 Å². The number of ether oxygens (including phenoxy) is 1. The van der Waals surface area contributed by atoms with Crippen molar-refractivity contribution in [1.82, 2.24) is 9.73 Å². The summed E-state index contributed by atoms with van der Waals surface area (Å²) in [5, 5.41) is 14.5. The highest BCUT2D eigenvalue weighted by molar-refractivity contribution is 7.89. The van der Waals surface area contributed by atoms with E-state index < -0.39 is 21.9 Å². The van der Waals surface area contributed by atoms with E-state index in [0.717, 1.165) is 0 Å². The second-order valence-electron chi connectivity index (χ2n) is 6.15. The highest BCUT2D eigenvalue weighted by Gasteiger charge is 2.26. The number of amides is 1. The molecule has 9 nitrogen and oxygen atoms in total. The van der Waals surface area contributed by atoms with E-state index in [1.165, 1.54) is 59.1 Å². The van der Waals surface area contributed by atoms with E-state index in [2.05, 4.69) is 10.5 Å². The lowest BCUT2D eigenvalue weighted by Crippen LogP contribution is -2.40. The van der Waals surface area contributed by atoms with Crippen LogP contribution in [0.3, 0.4) is 0 Å². The number of carbonyl (C=O) groups excluding carboxylic acids is 2. The molecule has 1 heterocycles. The summed E-state index contributed by atoms with van der Waals surface area (Å²) in [4.78, 5) is 23.0. The van der Waals surface area contributed by atoms with E-state index in [-0.39, 0.29) is 29.1 Å². The predicted octanol–water partition coefficient (Wildman–Crippen LogP) is -0.165. The first-order valence-electron chi connectivity index (χ1n) is 8.71. The van der Waals surface area contributed by atoms with Crippen LogP contribution in [0.4, 0.5) is 0 Å². The highest BCUT2D eigenvalue weighted by Crippen LogP contribution is 2.18. The lowest BCUT2D eigenvalue weighted by Gasteiger charge is -2.26. The van der Waals surface area contributed by atoms with Gasteiger partial charge in [-0.05, 0) is 29.3 Å². The molecule has 1 fully saturated rings. The molecule has 1 aliphatic heterocycles. The Labute approximate surface area is 167 Å². The van der Waals surface area contributed by atoms with Gasteiger partial charge in [-0.25, -0.2) is 13.8 Å². The fourth-order valence-electron chi connectivity index (χ4n) is 2.67. The van der Waals surface area contributed by atoms with Gasteiger partial charge in [0.25, 0.3) is 5.91 Å². The number of carboxylic acids is 1. The number of sulfonamides is 1. The van der Waals surface area contributed by atoms with Crippen molar-refractivity contribution in [3.63, 3.8) is 0 Å². The molecule has 10 heteroatoms. The Bertz CT molecular complexity index is 1030. The first-order valence-corrected chi connectivity index (χ1v) is 10.1. The fraction of sp³-hybridized carbons (Fsp3) is 0.211. The Morgan fingerprint density at radius 3 is 2.41 bits per heavy atom.